The second-order valence-electron chi connectivity index (χ2n) is 5.12. The maximum atomic E-state index is 11.5. The van der Waals surface area contributed by atoms with Crippen LogP contribution in [0, 0.1) is 6.92 Å². The number of pyridine rings is 1. The largest absolute Gasteiger partial charge is 0.253 e. The van der Waals surface area contributed by atoms with E-state index in [4.69, 9.17) is 0 Å². The van der Waals surface area contributed by atoms with Crippen LogP contribution in [-0.2, 0) is 9.84 Å². The number of nitrogens with zero attached hydrogens (tertiary/aromatic N) is 1. The molecule has 4 heteroatoms. The van der Waals surface area contributed by atoms with Gasteiger partial charge in [0.2, 0.25) is 0 Å². The van der Waals surface area contributed by atoms with Crippen LogP contribution in [0.3, 0.4) is 0 Å². The van der Waals surface area contributed by atoms with Gasteiger partial charge in [0, 0.05) is 17.3 Å². The lowest BCUT2D eigenvalue weighted by molar-refractivity contribution is 0.602. The first kappa shape index (κ1) is 13.8. The molecule has 0 N–H and O–H groups in total. The van der Waals surface area contributed by atoms with Gasteiger partial charge in [-0.2, -0.15) is 0 Å². The van der Waals surface area contributed by atoms with Gasteiger partial charge in [0.15, 0.2) is 9.84 Å². The van der Waals surface area contributed by atoms with Crippen LogP contribution < -0.4 is 0 Å². The van der Waals surface area contributed by atoms with Crippen molar-refractivity contribution in [1.29, 1.82) is 0 Å². The van der Waals surface area contributed by atoms with Gasteiger partial charge in [0.05, 0.1) is 10.4 Å². The first-order valence-electron chi connectivity index (χ1n) is 6.62. The quantitative estimate of drug-likeness (QED) is 0.726. The third-order valence-electron chi connectivity index (χ3n) is 3.46. The van der Waals surface area contributed by atoms with Gasteiger partial charge < -0.3 is 0 Å². The highest BCUT2D eigenvalue weighted by molar-refractivity contribution is 7.90. The Bertz CT molecular complexity index is 913. The monoisotopic (exact) mass is 297 g/mol. The summed E-state index contributed by atoms with van der Waals surface area (Å²) in [7, 11) is -3.16. The minimum absolute atomic E-state index is 0.334. The molecule has 0 radical (unpaired) electrons. The highest BCUT2D eigenvalue weighted by Crippen LogP contribution is 2.28. The average Bonchev–Trinajstić information content (AvgIpc) is 2.45. The smallest absolute Gasteiger partial charge is 0.175 e. The third kappa shape index (κ3) is 2.67. The van der Waals surface area contributed by atoms with E-state index in [-0.39, 0.29) is 0 Å². The van der Waals surface area contributed by atoms with Gasteiger partial charge in [-0.1, -0.05) is 30.3 Å². The molecule has 0 amide bonds. The second kappa shape index (κ2) is 4.97. The normalized spacial score (nSPS) is 11.7. The molecular weight excluding hydrogens is 282 g/mol. The maximum Gasteiger partial charge on any atom is 0.175 e. The number of sulfone groups is 1. The topological polar surface area (TPSA) is 47.0 Å². The summed E-state index contributed by atoms with van der Waals surface area (Å²) in [6.07, 6.45) is 1.21. The molecule has 0 aliphatic heterocycles. The molecule has 3 rings (SSSR count). The van der Waals surface area contributed by atoms with Gasteiger partial charge >= 0.3 is 0 Å². The highest BCUT2D eigenvalue weighted by atomic mass is 32.2. The Balaban J connectivity index is 2.17. The predicted molar refractivity (Wildman–Crippen MR) is 85.0 cm³/mol. The summed E-state index contributed by atoms with van der Waals surface area (Å²) in [5.74, 6) is 0. The minimum Gasteiger partial charge on any atom is -0.253 e. The van der Waals surface area contributed by atoms with Crippen molar-refractivity contribution in [2.75, 3.05) is 6.26 Å². The molecule has 3 nitrogen and oxygen atoms in total. The molecular formula is C17H15NO2S. The lowest BCUT2D eigenvalue weighted by Gasteiger charge is -2.08. The van der Waals surface area contributed by atoms with Gasteiger partial charge in [-0.15, -0.1) is 0 Å². The lowest BCUT2D eigenvalue weighted by atomic mass is 10.0. The number of hydrogen-bond acceptors (Lipinski definition) is 3. The van der Waals surface area contributed by atoms with Gasteiger partial charge in [0.1, 0.15) is 0 Å². The maximum absolute atomic E-state index is 11.5. The number of aromatic nitrogens is 1. The summed E-state index contributed by atoms with van der Waals surface area (Å²) >= 11 is 0. The Labute approximate surface area is 124 Å². The molecule has 1 aromatic heterocycles. The van der Waals surface area contributed by atoms with Crippen LogP contribution in [0.25, 0.3) is 22.0 Å². The molecule has 0 unspecified atom stereocenters. The van der Waals surface area contributed by atoms with E-state index in [9.17, 15) is 8.42 Å². The number of benzene rings is 2. The zero-order valence-electron chi connectivity index (χ0n) is 11.9. The van der Waals surface area contributed by atoms with E-state index in [0.717, 1.165) is 27.7 Å². The van der Waals surface area contributed by atoms with E-state index in [1.54, 1.807) is 12.1 Å². The summed E-state index contributed by atoms with van der Waals surface area (Å²) < 4.78 is 23.0. The zero-order chi connectivity index (χ0) is 15.0. The fourth-order valence-corrected chi connectivity index (χ4v) is 3.02. The van der Waals surface area contributed by atoms with E-state index in [1.165, 1.54) is 6.26 Å². The van der Waals surface area contributed by atoms with Crippen LogP contribution in [-0.4, -0.2) is 19.7 Å². The molecule has 0 aliphatic carbocycles. The second-order valence-corrected chi connectivity index (χ2v) is 7.14. The molecule has 0 saturated carbocycles. The van der Waals surface area contributed by atoms with Crippen LogP contribution in [0.5, 0.6) is 0 Å². The predicted octanol–water partition coefficient (Wildman–Crippen LogP) is 3.61. The highest BCUT2D eigenvalue weighted by Gasteiger charge is 2.08. The number of rotatable bonds is 2. The zero-order valence-corrected chi connectivity index (χ0v) is 12.7. The molecule has 21 heavy (non-hydrogen) atoms. The van der Waals surface area contributed by atoms with E-state index in [1.807, 2.05) is 43.3 Å². The molecule has 0 atom stereocenters. The fraction of sp³-hybridized carbons (Fsp3) is 0.118. The SMILES string of the molecule is Cc1ccc2c(-c3ccc(S(C)(=O)=O)cc3)cccc2n1. The molecule has 0 saturated heterocycles. The summed E-state index contributed by atoms with van der Waals surface area (Å²) in [4.78, 5) is 4.86. The molecule has 0 fully saturated rings. The average molecular weight is 297 g/mol. The van der Waals surface area contributed by atoms with Crippen molar-refractivity contribution in [1.82, 2.24) is 4.98 Å². The van der Waals surface area contributed by atoms with Crippen LogP contribution in [0.15, 0.2) is 59.5 Å². The van der Waals surface area contributed by atoms with E-state index in [0.29, 0.717) is 4.90 Å². The van der Waals surface area contributed by atoms with Crippen molar-refractivity contribution in [3.05, 3.63) is 60.3 Å². The molecule has 106 valence electrons. The molecule has 0 spiro atoms. The summed E-state index contributed by atoms with van der Waals surface area (Å²) in [5, 5.41) is 1.07. The molecule has 3 aromatic rings. The summed E-state index contributed by atoms with van der Waals surface area (Å²) in [6.45, 7) is 1.97. The fourth-order valence-electron chi connectivity index (χ4n) is 2.39. The number of aryl methyl sites for hydroxylation is 1. The van der Waals surface area contributed by atoms with Crippen molar-refractivity contribution in [2.45, 2.75) is 11.8 Å². The standard InChI is InChI=1S/C17H15NO2S/c1-12-6-11-16-15(4-3-5-17(16)18-12)13-7-9-14(10-8-13)21(2,19)20/h3-11H,1-2H3. The van der Waals surface area contributed by atoms with Crippen molar-refractivity contribution < 1.29 is 8.42 Å². The van der Waals surface area contributed by atoms with Crippen LogP contribution >= 0.6 is 0 Å². The van der Waals surface area contributed by atoms with E-state index >= 15 is 0 Å². The Morgan fingerprint density at radius 2 is 1.62 bits per heavy atom. The number of fused-ring (bicyclic) bond motifs is 1. The molecule has 2 aromatic carbocycles. The van der Waals surface area contributed by atoms with Crippen LogP contribution in [0.1, 0.15) is 5.69 Å². The first-order chi connectivity index (χ1) is 9.95. The van der Waals surface area contributed by atoms with Crippen LogP contribution in [0.2, 0.25) is 0 Å². The Morgan fingerprint density at radius 3 is 2.29 bits per heavy atom. The minimum atomic E-state index is -3.16. The Morgan fingerprint density at radius 1 is 0.905 bits per heavy atom. The van der Waals surface area contributed by atoms with Gasteiger partial charge in [-0.25, -0.2) is 8.42 Å². The van der Waals surface area contributed by atoms with E-state index < -0.39 is 9.84 Å². The van der Waals surface area contributed by atoms with Gasteiger partial charge in [-0.3, -0.25) is 4.98 Å². The molecule has 0 bridgehead atoms. The van der Waals surface area contributed by atoms with Gasteiger partial charge in [0.25, 0.3) is 0 Å². The first-order valence-corrected chi connectivity index (χ1v) is 8.51. The van der Waals surface area contributed by atoms with Crippen LogP contribution in [0.4, 0.5) is 0 Å². The number of hydrogen-bond donors (Lipinski definition) is 0. The molecule has 1 heterocycles. The van der Waals surface area contributed by atoms with E-state index in [2.05, 4.69) is 11.1 Å². The van der Waals surface area contributed by atoms with Gasteiger partial charge in [-0.05, 0) is 42.3 Å². The lowest BCUT2D eigenvalue weighted by Crippen LogP contribution is -1.96. The van der Waals surface area contributed by atoms with Crippen molar-refractivity contribution in [3.63, 3.8) is 0 Å². The molecule has 0 aliphatic rings. The summed E-state index contributed by atoms with van der Waals surface area (Å²) in [6, 6.07) is 17.0. The van der Waals surface area contributed by atoms with Crippen molar-refractivity contribution in [2.24, 2.45) is 0 Å². The van der Waals surface area contributed by atoms with Crippen molar-refractivity contribution in [3.8, 4) is 11.1 Å². The summed E-state index contributed by atoms with van der Waals surface area (Å²) in [5.41, 5.74) is 3.96. The van der Waals surface area contributed by atoms with Crippen molar-refractivity contribution >= 4 is 20.7 Å². The Kier molecular flexibility index (Phi) is 3.26. The Hall–Kier alpha value is -2.20. The third-order valence-corrected chi connectivity index (χ3v) is 4.59.